The molecule has 1 rings (SSSR count). The Morgan fingerprint density at radius 2 is 2.75 bits per heavy atom. The van der Waals surface area contributed by atoms with Gasteiger partial charge in [0.05, 0.1) is 0 Å². The van der Waals surface area contributed by atoms with Gasteiger partial charge in [-0.15, -0.1) is 0 Å². The summed E-state index contributed by atoms with van der Waals surface area (Å²) < 4.78 is 0. The Labute approximate surface area is 45.5 Å². The van der Waals surface area contributed by atoms with Crippen LogP contribution in [0.25, 0.3) is 0 Å². The SMILES string of the molecule is O=[N+]([O-])C1=C[N]CN1. The first-order valence-corrected chi connectivity index (χ1v) is 2.06. The Morgan fingerprint density at radius 1 is 2.00 bits per heavy atom. The molecule has 1 N–H and O–H groups in total. The maximum Gasteiger partial charge on any atom is 0.335 e. The molecule has 0 amide bonds. The van der Waals surface area contributed by atoms with Crippen molar-refractivity contribution in [2.24, 2.45) is 0 Å². The fourth-order valence-corrected chi connectivity index (χ4v) is 0.416. The second-order valence-electron chi connectivity index (χ2n) is 1.29. The molecule has 1 aliphatic heterocycles. The fourth-order valence-electron chi connectivity index (χ4n) is 0.416. The van der Waals surface area contributed by atoms with Crippen LogP contribution in [0.3, 0.4) is 0 Å². The van der Waals surface area contributed by atoms with E-state index in [2.05, 4.69) is 10.6 Å². The number of nitrogens with one attached hydrogen (secondary N) is 1. The Balaban J connectivity index is 2.57. The minimum atomic E-state index is -0.503. The minimum absolute atomic E-state index is 0.0231. The summed E-state index contributed by atoms with van der Waals surface area (Å²) in [4.78, 5) is 9.31. The third-order valence-corrected chi connectivity index (χ3v) is 0.762. The number of rotatable bonds is 1. The third kappa shape index (κ3) is 0.699. The molecule has 0 aliphatic carbocycles. The molecule has 0 unspecified atom stereocenters. The quantitative estimate of drug-likeness (QED) is 0.359. The van der Waals surface area contributed by atoms with E-state index in [-0.39, 0.29) is 5.82 Å². The molecular formula is C3H4N3O2. The number of hydrogen-bond donors (Lipinski definition) is 1. The normalized spacial score (nSPS) is 16.2. The second kappa shape index (κ2) is 1.69. The zero-order valence-corrected chi connectivity index (χ0v) is 4.00. The van der Waals surface area contributed by atoms with E-state index in [1.54, 1.807) is 0 Å². The van der Waals surface area contributed by atoms with Gasteiger partial charge in [-0.1, -0.05) is 0 Å². The molecule has 1 radical (unpaired) electrons. The lowest BCUT2D eigenvalue weighted by atomic mass is 10.8. The molecular weight excluding hydrogens is 110 g/mol. The van der Waals surface area contributed by atoms with E-state index in [0.717, 1.165) is 0 Å². The molecule has 0 saturated carbocycles. The van der Waals surface area contributed by atoms with Gasteiger partial charge in [-0.05, 0) is 4.92 Å². The van der Waals surface area contributed by atoms with Crippen LogP contribution < -0.4 is 10.6 Å². The van der Waals surface area contributed by atoms with Gasteiger partial charge in [-0.25, -0.2) is 10.6 Å². The van der Waals surface area contributed by atoms with Crippen molar-refractivity contribution in [3.05, 3.63) is 22.1 Å². The van der Waals surface area contributed by atoms with Crippen molar-refractivity contribution in [3.8, 4) is 0 Å². The molecule has 0 saturated heterocycles. The summed E-state index contributed by atoms with van der Waals surface area (Å²) in [6, 6.07) is 0. The summed E-state index contributed by atoms with van der Waals surface area (Å²) in [6.45, 7) is 0.330. The monoisotopic (exact) mass is 114 g/mol. The van der Waals surface area contributed by atoms with Crippen molar-refractivity contribution in [1.29, 1.82) is 0 Å². The van der Waals surface area contributed by atoms with Gasteiger partial charge < -0.3 is 10.1 Å². The van der Waals surface area contributed by atoms with Gasteiger partial charge in [0, 0.05) is 0 Å². The van der Waals surface area contributed by atoms with Crippen LogP contribution in [0.15, 0.2) is 12.0 Å². The lowest BCUT2D eigenvalue weighted by molar-refractivity contribution is -0.430. The molecule has 0 bridgehead atoms. The third-order valence-electron chi connectivity index (χ3n) is 0.762. The molecule has 0 atom stereocenters. The predicted octanol–water partition coefficient (Wildman–Crippen LogP) is -0.773. The van der Waals surface area contributed by atoms with Gasteiger partial charge in [0.15, 0.2) is 6.67 Å². The van der Waals surface area contributed by atoms with Gasteiger partial charge in [0.2, 0.25) is 0 Å². The van der Waals surface area contributed by atoms with E-state index in [0.29, 0.717) is 6.67 Å². The summed E-state index contributed by atoms with van der Waals surface area (Å²) in [7, 11) is 0. The average Bonchev–Trinajstić information content (AvgIpc) is 2.12. The highest BCUT2D eigenvalue weighted by Crippen LogP contribution is 1.91. The fraction of sp³-hybridized carbons (Fsp3) is 0.333. The second-order valence-corrected chi connectivity index (χ2v) is 1.29. The summed E-state index contributed by atoms with van der Waals surface area (Å²) in [6.07, 6.45) is 1.21. The molecule has 43 valence electrons. The lowest BCUT2D eigenvalue weighted by Gasteiger charge is -1.90. The molecule has 1 heterocycles. The van der Waals surface area contributed by atoms with Crippen molar-refractivity contribution in [2.75, 3.05) is 6.67 Å². The van der Waals surface area contributed by atoms with E-state index >= 15 is 0 Å². The Hall–Kier alpha value is -1.26. The highest BCUT2D eigenvalue weighted by molar-refractivity contribution is 4.92. The Morgan fingerprint density at radius 3 is 3.00 bits per heavy atom. The van der Waals surface area contributed by atoms with Crippen molar-refractivity contribution in [1.82, 2.24) is 10.6 Å². The maximum absolute atomic E-state index is 9.82. The van der Waals surface area contributed by atoms with Crippen LogP contribution in [0.5, 0.6) is 0 Å². The van der Waals surface area contributed by atoms with Crippen molar-refractivity contribution in [3.63, 3.8) is 0 Å². The van der Waals surface area contributed by atoms with Gasteiger partial charge in [0.1, 0.15) is 6.20 Å². The van der Waals surface area contributed by atoms with Crippen LogP contribution in [-0.4, -0.2) is 11.6 Å². The standard InChI is InChI=1S/C3H4N3O2/c7-6(8)3-1-4-2-5-3/h1,5H,2H2. The first-order chi connectivity index (χ1) is 3.80. The molecule has 5 heteroatoms. The zero-order chi connectivity index (χ0) is 5.98. The van der Waals surface area contributed by atoms with E-state index in [4.69, 9.17) is 0 Å². The molecule has 0 aromatic carbocycles. The van der Waals surface area contributed by atoms with Crippen molar-refractivity contribution < 1.29 is 4.92 Å². The highest BCUT2D eigenvalue weighted by atomic mass is 16.6. The van der Waals surface area contributed by atoms with Gasteiger partial charge in [-0.3, -0.25) is 0 Å². The van der Waals surface area contributed by atoms with Crippen LogP contribution in [0.1, 0.15) is 0 Å². The summed E-state index contributed by atoms with van der Waals surface area (Å²) in [5, 5.41) is 15.8. The molecule has 0 aromatic heterocycles. The van der Waals surface area contributed by atoms with Crippen LogP contribution >= 0.6 is 0 Å². The van der Waals surface area contributed by atoms with Crippen LogP contribution in [0.4, 0.5) is 0 Å². The largest absolute Gasteiger partial charge is 0.358 e. The van der Waals surface area contributed by atoms with E-state index < -0.39 is 4.92 Å². The highest BCUT2D eigenvalue weighted by Gasteiger charge is 2.12. The minimum Gasteiger partial charge on any atom is -0.358 e. The summed E-state index contributed by atoms with van der Waals surface area (Å²) in [5.74, 6) is -0.0231. The van der Waals surface area contributed by atoms with Gasteiger partial charge >= 0.3 is 5.82 Å². The summed E-state index contributed by atoms with van der Waals surface area (Å²) >= 11 is 0. The van der Waals surface area contributed by atoms with Gasteiger partial charge in [0.25, 0.3) is 0 Å². The van der Waals surface area contributed by atoms with E-state index in [9.17, 15) is 10.1 Å². The van der Waals surface area contributed by atoms with Crippen molar-refractivity contribution in [2.45, 2.75) is 0 Å². The Bertz CT molecular complexity index is 141. The molecule has 0 aromatic rings. The smallest absolute Gasteiger partial charge is 0.335 e. The average molecular weight is 114 g/mol. The van der Waals surface area contributed by atoms with Gasteiger partial charge in [-0.2, -0.15) is 0 Å². The van der Waals surface area contributed by atoms with Crippen molar-refractivity contribution >= 4 is 0 Å². The lowest BCUT2D eigenvalue weighted by Crippen LogP contribution is -2.15. The maximum atomic E-state index is 9.82. The molecule has 0 fully saturated rings. The van der Waals surface area contributed by atoms with Crippen LogP contribution in [0.2, 0.25) is 0 Å². The van der Waals surface area contributed by atoms with E-state index in [1.807, 2.05) is 0 Å². The first-order valence-electron chi connectivity index (χ1n) is 2.06. The predicted molar refractivity (Wildman–Crippen MR) is 25.2 cm³/mol. The molecule has 5 nitrogen and oxygen atoms in total. The molecule has 0 spiro atoms. The van der Waals surface area contributed by atoms with E-state index in [1.165, 1.54) is 6.20 Å². The zero-order valence-electron chi connectivity index (χ0n) is 4.00. The van der Waals surface area contributed by atoms with Crippen LogP contribution in [0, 0.1) is 10.1 Å². The Kier molecular flexibility index (Phi) is 1.03. The molecule has 8 heavy (non-hydrogen) atoms. The molecule has 1 aliphatic rings. The summed E-state index contributed by atoms with van der Waals surface area (Å²) in [5.41, 5.74) is 0. The number of hydrogen-bond acceptors (Lipinski definition) is 3. The topological polar surface area (TPSA) is 69.3 Å². The first kappa shape index (κ1) is 4.89. The number of nitrogens with zero attached hydrogens (tertiary/aromatic N) is 2. The van der Waals surface area contributed by atoms with Crippen LogP contribution in [-0.2, 0) is 0 Å². The number of nitro groups is 1.